The van der Waals surface area contributed by atoms with Crippen molar-refractivity contribution in [2.24, 2.45) is 0 Å². The van der Waals surface area contributed by atoms with Gasteiger partial charge < -0.3 is 25.8 Å². The SMILES string of the molecule is COCCNc1ncnc(Nc2cc(Cl)ccc2OC)c1N. The average molecular weight is 324 g/mol. The molecule has 1 aromatic carbocycles. The normalized spacial score (nSPS) is 10.3. The zero-order valence-corrected chi connectivity index (χ0v) is 13.1. The van der Waals surface area contributed by atoms with Crippen LogP contribution in [0.25, 0.3) is 0 Å². The second-order valence-corrected chi connectivity index (χ2v) is 4.81. The number of nitrogen functional groups attached to an aromatic ring is 1. The molecule has 22 heavy (non-hydrogen) atoms. The van der Waals surface area contributed by atoms with Gasteiger partial charge in [-0.15, -0.1) is 0 Å². The second-order valence-electron chi connectivity index (χ2n) is 4.37. The van der Waals surface area contributed by atoms with E-state index in [-0.39, 0.29) is 0 Å². The van der Waals surface area contributed by atoms with Crippen LogP contribution in [-0.2, 0) is 4.74 Å². The number of anilines is 4. The van der Waals surface area contributed by atoms with Gasteiger partial charge in [0.05, 0.1) is 19.4 Å². The lowest BCUT2D eigenvalue weighted by molar-refractivity contribution is 0.210. The van der Waals surface area contributed by atoms with Crippen molar-refractivity contribution in [3.05, 3.63) is 29.5 Å². The molecule has 0 aliphatic heterocycles. The van der Waals surface area contributed by atoms with E-state index in [0.29, 0.717) is 46.9 Å². The van der Waals surface area contributed by atoms with Gasteiger partial charge in [-0.3, -0.25) is 0 Å². The van der Waals surface area contributed by atoms with Crippen LogP contribution in [0.1, 0.15) is 0 Å². The molecule has 0 amide bonds. The molecule has 0 saturated heterocycles. The Kier molecular flexibility index (Phi) is 5.62. The summed E-state index contributed by atoms with van der Waals surface area (Å²) in [4.78, 5) is 8.26. The summed E-state index contributed by atoms with van der Waals surface area (Å²) in [5.41, 5.74) is 7.15. The molecule has 0 aliphatic carbocycles. The van der Waals surface area contributed by atoms with E-state index in [1.165, 1.54) is 6.33 Å². The minimum absolute atomic E-state index is 0.403. The number of halogens is 1. The van der Waals surface area contributed by atoms with Crippen molar-refractivity contribution in [3.63, 3.8) is 0 Å². The van der Waals surface area contributed by atoms with Crippen molar-refractivity contribution < 1.29 is 9.47 Å². The van der Waals surface area contributed by atoms with Gasteiger partial charge in [-0.2, -0.15) is 0 Å². The van der Waals surface area contributed by atoms with E-state index in [1.54, 1.807) is 32.4 Å². The summed E-state index contributed by atoms with van der Waals surface area (Å²) in [5.74, 6) is 1.64. The van der Waals surface area contributed by atoms with E-state index in [2.05, 4.69) is 20.6 Å². The topological polar surface area (TPSA) is 94.3 Å². The van der Waals surface area contributed by atoms with Crippen molar-refractivity contribution in [1.29, 1.82) is 0 Å². The molecule has 1 aromatic heterocycles. The number of methoxy groups -OCH3 is 2. The molecule has 0 spiro atoms. The van der Waals surface area contributed by atoms with Crippen LogP contribution in [0.4, 0.5) is 23.0 Å². The van der Waals surface area contributed by atoms with Crippen LogP contribution >= 0.6 is 11.6 Å². The third-order valence-corrected chi connectivity index (χ3v) is 3.13. The highest BCUT2D eigenvalue weighted by atomic mass is 35.5. The Morgan fingerprint density at radius 1 is 1.23 bits per heavy atom. The molecule has 2 rings (SSSR count). The van der Waals surface area contributed by atoms with Gasteiger partial charge in [0.15, 0.2) is 11.6 Å². The fraction of sp³-hybridized carbons (Fsp3) is 0.286. The van der Waals surface area contributed by atoms with Crippen LogP contribution in [0.15, 0.2) is 24.5 Å². The molecular formula is C14H18ClN5O2. The van der Waals surface area contributed by atoms with E-state index >= 15 is 0 Å². The lowest BCUT2D eigenvalue weighted by Gasteiger charge is -2.14. The van der Waals surface area contributed by atoms with Gasteiger partial charge in [-0.25, -0.2) is 9.97 Å². The zero-order chi connectivity index (χ0) is 15.9. The molecule has 0 bridgehead atoms. The summed E-state index contributed by atoms with van der Waals surface area (Å²) in [7, 11) is 3.21. The third-order valence-electron chi connectivity index (χ3n) is 2.90. The molecule has 4 N–H and O–H groups in total. The first-order chi connectivity index (χ1) is 10.7. The Bertz CT molecular complexity index is 639. The molecule has 0 aliphatic rings. The van der Waals surface area contributed by atoms with Crippen molar-refractivity contribution >= 4 is 34.6 Å². The van der Waals surface area contributed by atoms with E-state index in [0.717, 1.165) is 0 Å². The van der Waals surface area contributed by atoms with Crippen LogP contribution < -0.4 is 21.1 Å². The van der Waals surface area contributed by atoms with Gasteiger partial charge in [0, 0.05) is 18.7 Å². The summed E-state index contributed by atoms with van der Waals surface area (Å²) in [5, 5.41) is 6.77. The fourth-order valence-electron chi connectivity index (χ4n) is 1.81. The Balaban J connectivity index is 2.23. The maximum Gasteiger partial charge on any atom is 0.159 e. The molecule has 8 heteroatoms. The highest BCUT2D eigenvalue weighted by Gasteiger charge is 2.11. The predicted octanol–water partition coefficient (Wildman–Crippen LogP) is 2.52. The van der Waals surface area contributed by atoms with Crippen LogP contribution in [0, 0.1) is 0 Å². The number of hydrogen-bond acceptors (Lipinski definition) is 7. The Labute approximate surface area is 133 Å². The van der Waals surface area contributed by atoms with Gasteiger partial charge in [0.2, 0.25) is 0 Å². The van der Waals surface area contributed by atoms with Crippen molar-refractivity contribution in [3.8, 4) is 5.75 Å². The molecule has 7 nitrogen and oxygen atoms in total. The highest BCUT2D eigenvalue weighted by Crippen LogP contribution is 2.32. The summed E-state index contributed by atoms with van der Waals surface area (Å²) >= 11 is 6.01. The van der Waals surface area contributed by atoms with Crippen LogP contribution in [0.5, 0.6) is 5.75 Å². The molecule has 0 radical (unpaired) electrons. The smallest absolute Gasteiger partial charge is 0.159 e. The molecule has 0 atom stereocenters. The van der Waals surface area contributed by atoms with Crippen LogP contribution in [-0.4, -0.2) is 37.3 Å². The minimum atomic E-state index is 0.403. The van der Waals surface area contributed by atoms with E-state index in [4.69, 9.17) is 26.8 Å². The van der Waals surface area contributed by atoms with Gasteiger partial charge in [-0.05, 0) is 18.2 Å². The second kappa shape index (κ2) is 7.67. The van der Waals surface area contributed by atoms with Gasteiger partial charge in [0.1, 0.15) is 17.8 Å². The maximum absolute atomic E-state index is 6.08. The van der Waals surface area contributed by atoms with Crippen molar-refractivity contribution in [1.82, 2.24) is 9.97 Å². The number of ether oxygens (including phenoxy) is 2. The number of nitrogens with two attached hydrogens (primary N) is 1. The first-order valence-corrected chi connectivity index (χ1v) is 6.97. The number of benzene rings is 1. The quantitative estimate of drug-likeness (QED) is 0.674. The molecule has 118 valence electrons. The summed E-state index contributed by atoms with van der Waals surface area (Å²) in [6, 6.07) is 5.24. The lowest BCUT2D eigenvalue weighted by Crippen LogP contribution is -2.12. The number of hydrogen-bond donors (Lipinski definition) is 3. The number of nitrogens with one attached hydrogen (secondary N) is 2. The van der Waals surface area contributed by atoms with E-state index in [9.17, 15) is 0 Å². The highest BCUT2D eigenvalue weighted by molar-refractivity contribution is 6.31. The number of nitrogens with zero attached hydrogens (tertiary/aromatic N) is 2. The average Bonchev–Trinajstić information content (AvgIpc) is 2.51. The predicted molar refractivity (Wildman–Crippen MR) is 88.1 cm³/mol. The fourth-order valence-corrected chi connectivity index (χ4v) is 1.99. The van der Waals surface area contributed by atoms with Gasteiger partial charge in [0.25, 0.3) is 0 Å². The van der Waals surface area contributed by atoms with Crippen molar-refractivity contribution in [2.45, 2.75) is 0 Å². The first-order valence-electron chi connectivity index (χ1n) is 6.59. The third kappa shape index (κ3) is 3.90. The summed E-state index contributed by atoms with van der Waals surface area (Å²) in [6.45, 7) is 1.14. The monoisotopic (exact) mass is 323 g/mol. The lowest BCUT2D eigenvalue weighted by atomic mass is 10.3. The maximum atomic E-state index is 6.08. The summed E-state index contributed by atoms with van der Waals surface area (Å²) in [6.07, 6.45) is 1.42. The first kappa shape index (κ1) is 16.1. The van der Waals surface area contributed by atoms with Gasteiger partial charge in [-0.1, -0.05) is 11.6 Å². The molecule has 0 fully saturated rings. The Morgan fingerprint density at radius 3 is 2.73 bits per heavy atom. The largest absolute Gasteiger partial charge is 0.495 e. The Morgan fingerprint density at radius 2 is 2.00 bits per heavy atom. The van der Waals surface area contributed by atoms with Crippen LogP contribution in [0.2, 0.25) is 5.02 Å². The molecule has 0 saturated carbocycles. The number of rotatable bonds is 7. The molecule has 2 aromatic rings. The number of aromatic nitrogens is 2. The van der Waals surface area contributed by atoms with Crippen molar-refractivity contribution in [2.75, 3.05) is 43.7 Å². The minimum Gasteiger partial charge on any atom is -0.495 e. The molecular weight excluding hydrogens is 306 g/mol. The Hall–Kier alpha value is -2.25. The molecule has 0 unspecified atom stereocenters. The standard InChI is InChI=1S/C14H18ClN5O2/c1-21-6-5-17-13-12(16)14(19-8-18-13)20-10-7-9(15)3-4-11(10)22-2/h3-4,7-8H,5-6,16H2,1-2H3,(H2,17,18,19,20). The van der Waals surface area contributed by atoms with E-state index in [1.807, 2.05) is 0 Å². The molecule has 1 heterocycles. The van der Waals surface area contributed by atoms with Crippen LogP contribution in [0.3, 0.4) is 0 Å². The van der Waals surface area contributed by atoms with Gasteiger partial charge >= 0.3 is 0 Å². The zero-order valence-electron chi connectivity index (χ0n) is 12.4. The van der Waals surface area contributed by atoms with E-state index < -0.39 is 0 Å². The summed E-state index contributed by atoms with van der Waals surface area (Å²) < 4.78 is 10.3.